The molecule has 9 heteroatoms. The van der Waals surface area contributed by atoms with Crippen molar-refractivity contribution in [3.63, 3.8) is 0 Å². The number of aromatic nitrogens is 2. The molecule has 0 saturated carbocycles. The van der Waals surface area contributed by atoms with E-state index in [1.807, 2.05) is 6.92 Å². The van der Waals surface area contributed by atoms with Crippen molar-refractivity contribution in [2.24, 2.45) is 0 Å². The number of ether oxygens (including phenoxy) is 1. The summed E-state index contributed by atoms with van der Waals surface area (Å²) in [6.07, 6.45) is -1.38. The lowest BCUT2D eigenvalue weighted by atomic mass is 9.91. The van der Waals surface area contributed by atoms with Crippen molar-refractivity contribution in [2.45, 2.75) is 83.2 Å². The lowest BCUT2D eigenvalue weighted by molar-refractivity contribution is -0.102. The Morgan fingerprint density at radius 2 is 2.07 bits per heavy atom. The number of aryl methyl sites for hydroxylation is 1. The van der Waals surface area contributed by atoms with E-state index in [0.29, 0.717) is 12.1 Å². The highest BCUT2D eigenvalue weighted by Gasteiger charge is 2.50. The van der Waals surface area contributed by atoms with Crippen LogP contribution in [0, 0.1) is 0 Å². The molecule has 0 bridgehead atoms. The number of alkyl halides is 3. The Morgan fingerprint density at radius 1 is 1.41 bits per heavy atom. The summed E-state index contributed by atoms with van der Waals surface area (Å²) in [4.78, 5) is 13.9. The average molecular weight is 389 g/mol. The number of halogens is 3. The standard InChI is InChI=1S/C18H26F3N3O3/c1-11-7-13-12(8-23(11)15(25)27-16(2,3)4)14-18(20,21)9-17(26,10-19)5-6-24(14)22-13/h11,26H,5-10H2,1-4H3/t11-,17+/m1/s1. The molecule has 0 radical (unpaired) electrons. The third-order valence-electron chi connectivity index (χ3n) is 5.05. The summed E-state index contributed by atoms with van der Waals surface area (Å²) >= 11 is 0. The Bertz CT molecular complexity index is 744. The molecule has 3 rings (SSSR count). The van der Waals surface area contributed by atoms with Crippen LogP contribution in [0.1, 0.15) is 57.5 Å². The van der Waals surface area contributed by atoms with Gasteiger partial charge in [-0.3, -0.25) is 4.68 Å². The number of hydrogen-bond donors (Lipinski definition) is 1. The fraction of sp³-hybridized carbons (Fsp3) is 0.778. The summed E-state index contributed by atoms with van der Waals surface area (Å²) in [5.41, 5.74) is -2.32. The van der Waals surface area contributed by atoms with Crippen molar-refractivity contribution >= 4 is 6.09 Å². The van der Waals surface area contributed by atoms with Crippen LogP contribution >= 0.6 is 0 Å². The van der Waals surface area contributed by atoms with Crippen molar-refractivity contribution in [1.82, 2.24) is 14.7 Å². The number of hydrogen-bond acceptors (Lipinski definition) is 4. The van der Waals surface area contributed by atoms with Crippen molar-refractivity contribution in [2.75, 3.05) is 6.67 Å². The summed E-state index contributed by atoms with van der Waals surface area (Å²) in [6.45, 7) is 5.74. The molecule has 0 saturated heterocycles. The van der Waals surface area contributed by atoms with E-state index in [2.05, 4.69) is 5.10 Å². The Labute approximate surface area is 156 Å². The van der Waals surface area contributed by atoms with Gasteiger partial charge in [-0.1, -0.05) is 0 Å². The molecule has 2 aliphatic heterocycles. The van der Waals surface area contributed by atoms with E-state index in [9.17, 15) is 23.1 Å². The zero-order chi connectivity index (χ0) is 20.2. The van der Waals surface area contributed by atoms with E-state index in [4.69, 9.17) is 4.74 Å². The fourth-order valence-corrected chi connectivity index (χ4v) is 3.74. The minimum atomic E-state index is -3.45. The second-order valence-electron chi connectivity index (χ2n) is 8.65. The molecule has 0 fully saturated rings. The average Bonchev–Trinajstić information content (AvgIpc) is 2.83. The van der Waals surface area contributed by atoms with Gasteiger partial charge in [0.15, 0.2) is 0 Å². The minimum Gasteiger partial charge on any atom is -0.444 e. The number of rotatable bonds is 1. The number of carbonyl (C=O) groups is 1. The van der Waals surface area contributed by atoms with Gasteiger partial charge in [-0.05, 0) is 34.1 Å². The first-order valence-corrected chi connectivity index (χ1v) is 9.10. The van der Waals surface area contributed by atoms with Crippen LogP contribution in [0.25, 0.3) is 0 Å². The van der Waals surface area contributed by atoms with E-state index in [1.54, 1.807) is 20.8 Å². The molecule has 1 aromatic heterocycles. The highest BCUT2D eigenvalue weighted by molar-refractivity contribution is 5.69. The van der Waals surface area contributed by atoms with Gasteiger partial charge < -0.3 is 14.7 Å². The number of carbonyl (C=O) groups excluding carboxylic acids is 1. The molecule has 2 atom stereocenters. The highest BCUT2D eigenvalue weighted by Crippen LogP contribution is 2.44. The Kier molecular flexibility index (Phi) is 4.73. The molecule has 6 nitrogen and oxygen atoms in total. The summed E-state index contributed by atoms with van der Waals surface area (Å²) in [5.74, 6) is -3.45. The Morgan fingerprint density at radius 3 is 2.67 bits per heavy atom. The fourth-order valence-electron chi connectivity index (χ4n) is 3.74. The third kappa shape index (κ3) is 3.79. The first-order valence-electron chi connectivity index (χ1n) is 9.10. The van der Waals surface area contributed by atoms with E-state index in [0.717, 1.165) is 0 Å². The molecule has 0 aliphatic carbocycles. The zero-order valence-electron chi connectivity index (χ0n) is 16.1. The number of fused-ring (bicyclic) bond motifs is 3. The molecule has 1 aromatic rings. The van der Waals surface area contributed by atoms with Crippen LogP contribution < -0.4 is 0 Å². The maximum absolute atomic E-state index is 14.9. The van der Waals surface area contributed by atoms with Crippen LogP contribution in [-0.4, -0.2) is 49.8 Å². The maximum Gasteiger partial charge on any atom is 0.410 e. The van der Waals surface area contributed by atoms with Gasteiger partial charge in [-0.25, -0.2) is 9.18 Å². The molecule has 27 heavy (non-hydrogen) atoms. The second kappa shape index (κ2) is 6.39. The summed E-state index contributed by atoms with van der Waals surface area (Å²) in [6, 6.07) is -0.247. The van der Waals surface area contributed by atoms with E-state index >= 15 is 0 Å². The van der Waals surface area contributed by atoms with E-state index in [-0.39, 0.29) is 36.8 Å². The third-order valence-corrected chi connectivity index (χ3v) is 5.05. The molecular formula is C18H26F3N3O3. The molecule has 0 unspecified atom stereocenters. The van der Waals surface area contributed by atoms with Crippen LogP contribution in [0.15, 0.2) is 0 Å². The van der Waals surface area contributed by atoms with Crippen LogP contribution in [0.3, 0.4) is 0 Å². The zero-order valence-corrected chi connectivity index (χ0v) is 16.1. The topological polar surface area (TPSA) is 67.6 Å². The number of nitrogens with zero attached hydrogens (tertiary/aromatic N) is 3. The van der Waals surface area contributed by atoms with Crippen molar-refractivity contribution in [1.29, 1.82) is 0 Å². The SMILES string of the molecule is C[C@@H]1Cc2nn3c(c2CN1C(=O)OC(C)(C)C)C(F)(F)C[C@](O)(CF)CC3. The van der Waals surface area contributed by atoms with Crippen LogP contribution in [0.4, 0.5) is 18.0 Å². The molecular weight excluding hydrogens is 363 g/mol. The van der Waals surface area contributed by atoms with Gasteiger partial charge in [0.05, 0.1) is 12.2 Å². The van der Waals surface area contributed by atoms with Crippen molar-refractivity contribution in [3.8, 4) is 0 Å². The van der Waals surface area contributed by atoms with Crippen LogP contribution in [0.2, 0.25) is 0 Å². The molecule has 0 aromatic carbocycles. The van der Waals surface area contributed by atoms with E-state index < -0.39 is 36.3 Å². The first-order chi connectivity index (χ1) is 12.4. The molecule has 3 heterocycles. The molecule has 1 N–H and O–H groups in total. The number of aliphatic hydroxyl groups is 1. The van der Waals surface area contributed by atoms with Gasteiger partial charge in [-0.15, -0.1) is 0 Å². The quantitative estimate of drug-likeness (QED) is 0.801. The predicted octanol–water partition coefficient (Wildman–Crippen LogP) is 3.15. The molecule has 0 spiro atoms. The number of amides is 1. The van der Waals surface area contributed by atoms with Gasteiger partial charge in [0.25, 0.3) is 5.92 Å². The lowest BCUT2D eigenvalue weighted by Crippen LogP contribution is -2.45. The summed E-state index contributed by atoms with van der Waals surface area (Å²) in [7, 11) is 0. The highest BCUT2D eigenvalue weighted by atomic mass is 19.3. The molecule has 152 valence electrons. The maximum atomic E-state index is 14.9. The predicted molar refractivity (Wildman–Crippen MR) is 91.2 cm³/mol. The Hall–Kier alpha value is -1.77. The van der Waals surface area contributed by atoms with Gasteiger partial charge >= 0.3 is 6.09 Å². The van der Waals surface area contributed by atoms with Gasteiger partial charge in [-0.2, -0.15) is 13.9 Å². The molecule has 1 amide bonds. The largest absolute Gasteiger partial charge is 0.444 e. The van der Waals surface area contributed by atoms with Gasteiger partial charge in [0.1, 0.15) is 23.6 Å². The summed E-state index contributed by atoms with van der Waals surface area (Å²) in [5, 5.41) is 14.4. The van der Waals surface area contributed by atoms with Crippen LogP contribution in [0.5, 0.6) is 0 Å². The second-order valence-corrected chi connectivity index (χ2v) is 8.65. The normalized spacial score (nSPS) is 27.6. The minimum absolute atomic E-state index is 0.000832. The Balaban J connectivity index is 1.96. The van der Waals surface area contributed by atoms with Gasteiger partial charge in [0.2, 0.25) is 0 Å². The van der Waals surface area contributed by atoms with Crippen molar-refractivity contribution < 1.29 is 27.8 Å². The lowest BCUT2D eigenvalue weighted by Gasteiger charge is -2.35. The smallest absolute Gasteiger partial charge is 0.410 e. The summed E-state index contributed by atoms with van der Waals surface area (Å²) < 4.78 is 49.6. The van der Waals surface area contributed by atoms with Crippen LogP contribution in [-0.2, 0) is 30.2 Å². The monoisotopic (exact) mass is 389 g/mol. The van der Waals surface area contributed by atoms with Gasteiger partial charge in [0, 0.05) is 31.0 Å². The first kappa shape index (κ1) is 20.0. The van der Waals surface area contributed by atoms with Crippen molar-refractivity contribution in [3.05, 3.63) is 17.0 Å². The van der Waals surface area contributed by atoms with E-state index in [1.165, 1.54) is 9.58 Å². The molecule has 2 aliphatic rings.